The van der Waals surface area contributed by atoms with Crippen molar-refractivity contribution >= 4 is 28.6 Å². The van der Waals surface area contributed by atoms with Crippen LogP contribution in [0.5, 0.6) is 11.9 Å². The smallest absolute Gasteiger partial charge is 0.358 e. The molecule has 118 valence electrons. The van der Waals surface area contributed by atoms with Crippen LogP contribution in [0.1, 0.15) is 23.1 Å². The number of nitrogens with zero attached hydrogens (tertiary/aromatic N) is 4. The second-order valence-corrected chi connectivity index (χ2v) is 5.21. The Bertz CT molecular complexity index is 702. The highest BCUT2D eigenvalue weighted by atomic mass is 127. The van der Waals surface area contributed by atoms with Gasteiger partial charge in [0.1, 0.15) is 5.69 Å². The van der Waals surface area contributed by atoms with Crippen molar-refractivity contribution in [3.05, 3.63) is 21.2 Å². The number of aromatic nitrogens is 4. The summed E-state index contributed by atoms with van der Waals surface area (Å²) in [5.41, 5.74) is 1.44. The van der Waals surface area contributed by atoms with E-state index in [2.05, 4.69) is 37.7 Å². The normalized spacial score (nSPS) is 10.4. The molecule has 0 saturated carbocycles. The van der Waals surface area contributed by atoms with Gasteiger partial charge in [-0.15, -0.1) is 0 Å². The lowest BCUT2D eigenvalue weighted by Gasteiger charge is -2.10. The molecule has 0 saturated heterocycles. The average Bonchev–Trinajstić information content (AvgIpc) is 2.82. The molecule has 9 heteroatoms. The Labute approximate surface area is 140 Å². The predicted octanol–water partition coefficient (Wildman–Crippen LogP) is 1.77. The van der Waals surface area contributed by atoms with E-state index in [1.54, 1.807) is 13.8 Å². The summed E-state index contributed by atoms with van der Waals surface area (Å²) in [6.45, 7) is 3.82. The first-order valence-electron chi connectivity index (χ1n) is 6.41. The van der Waals surface area contributed by atoms with Crippen molar-refractivity contribution in [2.24, 2.45) is 0 Å². The van der Waals surface area contributed by atoms with Crippen LogP contribution in [0.3, 0.4) is 0 Å². The zero-order valence-electron chi connectivity index (χ0n) is 12.6. The lowest BCUT2D eigenvalue weighted by atomic mass is 10.3. The summed E-state index contributed by atoms with van der Waals surface area (Å²) in [5.74, 6) is -0.221. The molecule has 0 amide bonds. The van der Waals surface area contributed by atoms with Gasteiger partial charge in [-0.1, -0.05) is 0 Å². The van der Waals surface area contributed by atoms with Crippen LogP contribution in [-0.2, 0) is 4.74 Å². The van der Waals surface area contributed by atoms with Gasteiger partial charge in [0.25, 0.3) is 0 Å². The fourth-order valence-corrected chi connectivity index (χ4v) is 2.35. The summed E-state index contributed by atoms with van der Waals surface area (Å²) in [6.07, 6.45) is 1.48. The molecule has 0 aliphatic carbocycles. The quantitative estimate of drug-likeness (QED) is 0.540. The second-order valence-electron chi connectivity index (χ2n) is 4.13. The standard InChI is InChI=1S/C13H15IN4O4/c1-5-22-12(19)10-9(14)7(2)17-18(10)8-6-15-13(21-4)16-11(8)20-3/h6H,5H2,1-4H3. The van der Waals surface area contributed by atoms with Crippen LogP contribution in [0.25, 0.3) is 5.69 Å². The number of methoxy groups -OCH3 is 2. The largest absolute Gasteiger partial charge is 0.479 e. The summed E-state index contributed by atoms with van der Waals surface area (Å²) in [4.78, 5) is 20.3. The number of ether oxygens (including phenoxy) is 3. The van der Waals surface area contributed by atoms with Gasteiger partial charge in [0.2, 0.25) is 5.88 Å². The summed E-state index contributed by atoms with van der Waals surface area (Å²) in [5, 5.41) is 4.36. The van der Waals surface area contributed by atoms with E-state index < -0.39 is 5.97 Å². The first-order valence-corrected chi connectivity index (χ1v) is 7.49. The van der Waals surface area contributed by atoms with Crippen molar-refractivity contribution in [3.63, 3.8) is 0 Å². The number of aryl methyl sites for hydroxylation is 1. The van der Waals surface area contributed by atoms with Gasteiger partial charge in [-0.2, -0.15) is 10.1 Å². The SMILES string of the molecule is CCOC(=O)c1c(I)c(C)nn1-c1cnc(OC)nc1OC. The van der Waals surface area contributed by atoms with Crippen LogP contribution in [0.15, 0.2) is 6.20 Å². The zero-order chi connectivity index (χ0) is 16.3. The van der Waals surface area contributed by atoms with Crippen LogP contribution in [-0.4, -0.2) is 46.5 Å². The van der Waals surface area contributed by atoms with E-state index in [0.29, 0.717) is 20.6 Å². The highest BCUT2D eigenvalue weighted by Crippen LogP contribution is 2.26. The number of esters is 1. The molecule has 0 bridgehead atoms. The molecule has 0 aromatic carbocycles. The molecule has 22 heavy (non-hydrogen) atoms. The minimum absolute atomic E-state index is 0.164. The molecule has 0 radical (unpaired) electrons. The fraction of sp³-hybridized carbons (Fsp3) is 0.385. The number of halogens is 1. The predicted molar refractivity (Wildman–Crippen MR) is 85.7 cm³/mol. The second kappa shape index (κ2) is 6.90. The van der Waals surface area contributed by atoms with Crippen LogP contribution in [0.4, 0.5) is 0 Å². The highest BCUT2D eigenvalue weighted by Gasteiger charge is 2.25. The molecule has 0 atom stereocenters. The van der Waals surface area contributed by atoms with Crippen LogP contribution in [0.2, 0.25) is 0 Å². The van der Waals surface area contributed by atoms with Gasteiger partial charge in [0.05, 0.1) is 36.3 Å². The lowest BCUT2D eigenvalue weighted by Crippen LogP contribution is -2.14. The Morgan fingerprint density at radius 3 is 2.68 bits per heavy atom. The number of hydrogen-bond donors (Lipinski definition) is 0. The number of carbonyl (C=O) groups excluding carboxylic acids is 1. The van der Waals surface area contributed by atoms with Crippen molar-refractivity contribution in [1.29, 1.82) is 0 Å². The monoisotopic (exact) mass is 418 g/mol. The molecule has 2 heterocycles. The van der Waals surface area contributed by atoms with Crippen molar-refractivity contribution in [3.8, 4) is 17.6 Å². The topological polar surface area (TPSA) is 88.4 Å². The Morgan fingerprint density at radius 2 is 2.09 bits per heavy atom. The van der Waals surface area contributed by atoms with E-state index >= 15 is 0 Å². The van der Waals surface area contributed by atoms with Gasteiger partial charge >= 0.3 is 12.0 Å². The van der Waals surface area contributed by atoms with Gasteiger partial charge in [-0.05, 0) is 36.4 Å². The maximum absolute atomic E-state index is 12.2. The van der Waals surface area contributed by atoms with Gasteiger partial charge in [0, 0.05) is 0 Å². The number of hydrogen-bond acceptors (Lipinski definition) is 7. The summed E-state index contributed by atoms with van der Waals surface area (Å²) in [6, 6.07) is 0.164. The van der Waals surface area contributed by atoms with Crippen molar-refractivity contribution in [1.82, 2.24) is 19.7 Å². The van der Waals surface area contributed by atoms with Crippen LogP contribution in [0, 0.1) is 10.5 Å². The molecule has 0 fully saturated rings. The Kier molecular flexibility index (Phi) is 5.16. The Morgan fingerprint density at radius 1 is 1.36 bits per heavy atom. The van der Waals surface area contributed by atoms with E-state index in [1.165, 1.54) is 25.1 Å². The van der Waals surface area contributed by atoms with E-state index in [4.69, 9.17) is 14.2 Å². The Balaban J connectivity index is 2.62. The third kappa shape index (κ3) is 2.98. The highest BCUT2D eigenvalue weighted by molar-refractivity contribution is 14.1. The fourth-order valence-electron chi connectivity index (χ4n) is 1.80. The van der Waals surface area contributed by atoms with E-state index in [0.717, 1.165) is 0 Å². The summed E-state index contributed by atoms with van der Waals surface area (Å²) in [7, 11) is 2.93. The number of carbonyl (C=O) groups is 1. The first-order chi connectivity index (χ1) is 10.5. The third-order valence-corrected chi connectivity index (χ3v) is 4.07. The van der Waals surface area contributed by atoms with Gasteiger partial charge in [0.15, 0.2) is 5.69 Å². The van der Waals surface area contributed by atoms with Gasteiger partial charge in [-0.25, -0.2) is 14.5 Å². The molecule has 8 nitrogen and oxygen atoms in total. The maximum Gasteiger partial charge on any atom is 0.358 e. The Hall–Kier alpha value is -1.91. The molecule has 2 aromatic rings. The van der Waals surface area contributed by atoms with Crippen molar-refractivity contribution < 1.29 is 19.0 Å². The molecule has 2 aromatic heterocycles. The molecule has 0 aliphatic heterocycles. The summed E-state index contributed by atoms with van der Waals surface area (Å²) >= 11 is 2.05. The minimum Gasteiger partial charge on any atom is -0.479 e. The van der Waals surface area contributed by atoms with Gasteiger partial charge in [-0.3, -0.25) is 0 Å². The van der Waals surface area contributed by atoms with Crippen molar-refractivity contribution in [2.45, 2.75) is 13.8 Å². The maximum atomic E-state index is 12.2. The minimum atomic E-state index is -0.467. The van der Waals surface area contributed by atoms with Crippen LogP contribution >= 0.6 is 22.6 Å². The van der Waals surface area contributed by atoms with E-state index in [1.807, 2.05) is 0 Å². The third-order valence-electron chi connectivity index (χ3n) is 2.77. The number of rotatable bonds is 5. The van der Waals surface area contributed by atoms with Crippen molar-refractivity contribution in [2.75, 3.05) is 20.8 Å². The molecule has 0 spiro atoms. The lowest BCUT2D eigenvalue weighted by molar-refractivity contribution is 0.0514. The molecule has 2 rings (SSSR count). The molecular formula is C13H15IN4O4. The molecule has 0 aliphatic rings. The van der Waals surface area contributed by atoms with E-state index in [-0.39, 0.29) is 18.5 Å². The van der Waals surface area contributed by atoms with Crippen LogP contribution < -0.4 is 9.47 Å². The van der Waals surface area contributed by atoms with E-state index in [9.17, 15) is 4.79 Å². The molecule has 0 N–H and O–H groups in total. The zero-order valence-corrected chi connectivity index (χ0v) is 14.7. The first kappa shape index (κ1) is 16.5. The average molecular weight is 418 g/mol. The summed E-state index contributed by atoms with van der Waals surface area (Å²) < 4.78 is 17.4. The molecule has 0 unspecified atom stereocenters. The molecular weight excluding hydrogens is 403 g/mol. The van der Waals surface area contributed by atoms with Gasteiger partial charge < -0.3 is 14.2 Å².